The Kier molecular flexibility index (Phi) is 4.21. The van der Waals surface area contributed by atoms with Crippen LogP contribution in [-0.4, -0.2) is 15.0 Å². The minimum Gasteiger partial charge on any atom is -0.244 e. The van der Waals surface area contributed by atoms with E-state index in [9.17, 15) is 0 Å². The van der Waals surface area contributed by atoms with Crippen molar-refractivity contribution in [1.29, 1.82) is 0 Å². The fraction of sp³-hybridized carbons (Fsp3) is 0.174. The molecule has 0 bridgehead atoms. The van der Waals surface area contributed by atoms with E-state index in [4.69, 9.17) is 4.98 Å². The second-order valence-corrected chi connectivity index (χ2v) is 6.89. The van der Waals surface area contributed by atoms with E-state index >= 15 is 0 Å². The van der Waals surface area contributed by atoms with Gasteiger partial charge in [-0.15, -0.1) is 0 Å². The molecule has 0 spiro atoms. The predicted molar refractivity (Wildman–Crippen MR) is 107 cm³/mol. The third kappa shape index (κ3) is 3.08. The Hall–Kier alpha value is -3.07. The van der Waals surface area contributed by atoms with Gasteiger partial charge in [-0.25, -0.2) is 15.0 Å². The summed E-state index contributed by atoms with van der Waals surface area (Å²) < 4.78 is 0. The van der Waals surface area contributed by atoms with Crippen LogP contribution in [0.3, 0.4) is 0 Å². The van der Waals surface area contributed by atoms with Crippen molar-refractivity contribution in [3.63, 3.8) is 0 Å². The number of benzene rings is 2. The highest BCUT2D eigenvalue weighted by Crippen LogP contribution is 2.26. The van der Waals surface area contributed by atoms with Gasteiger partial charge in [-0.3, -0.25) is 0 Å². The fourth-order valence-electron chi connectivity index (χ4n) is 3.07. The molecular weight excluding hydrogens is 318 g/mol. The van der Waals surface area contributed by atoms with Crippen molar-refractivity contribution < 1.29 is 0 Å². The molecule has 2 heterocycles. The van der Waals surface area contributed by atoms with Gasteiger partial charge in [-0.05, 0) is 36.1 Å². The van der Waals surface area contributed by atoms with Crippen LogP contribution in [0.5, 0.6) is 0 Å². The molecule has 4 aromatic rings. The summed E-state index contributed by atoms with van der Waals surface area (Å²) in [4.78, 5) is 14.0. The maximum atomic E-state index is 4.87. The van der Waals surface area contributed by atoms with Gasteiger partial charge in [-0.1, -0.05) is 62.4 Å². The zero-order valence-electron chi connectivity index (χ0n) is 15.3. The minimum atomic E-state index is 0.524. The number of hydrogen-bond acceptors (Lipinski definition) is 3. The van der Waals surface area contributed by atoms with Gasteiger partial charge in [-0.2, -0.15) is 0 Å². The summed E-state index contributed by atoms with van der Waals surface area (Å²) in [6.07, 6.45) is 1.86. The molecule has 0 aliphatic heterocycles. The number of fused-ring (bicyclic) bond motifs is 1. The zero-order chi connectivity index (χ0) is 18.1. The molecular formula is C23H21N3. The van der Waals surface area contributed by atoms with Crippen LogP contribution in [0.2, 0.25) is 0 Å². The molecule has 26 heavy (non-hydrogen) atoms. The van der Waals surface area contributed by atoms with E-state index in [2.05, 4.69) is 61.1 Å². The molecule has 0 aliphatic carbocycles. The Balaban J connectivity index is 1.77. The van der Waals surface area contributed by atoms with E-state index < -0.39 is 0 Å². The second kappa shape index (κ2) is 6.68. The van der Waals surface area contributed by atoms with Gasteiger partial charge in [0.1, 0.15) is 5.69 Å². The first-order valence-corrected chi connectivity index (χ1v) is 8.92. The quantitative estimate of drug-likeness (QED) is 0.474. The monoisotopic (exact) mass is 339 g/mol. The van der Waals surface area contributed by atoms with Gasteiger partial charge < -0.3 is 0 Å². The third-order valence-electron chi connectivity index (χ3n) is 4.67. The summed E-state index contributed by atoms with van der Waals surface area (Å²) in [5.41, 5.74) is 6.31. The van der Waals surface area contributed by atoms with E-state index in [-0.39, 0.29) is 0 Å². The molecule has 0 saturated carbocycles. The van der Waals surface area contributed by atoms with Gasteiger partial charge in [0.15, 0.2) is 5.82 Å². The predicted octanol–water partition coefficient (Wildman–Crippen LogP) is 5.79. The van der Waals surface area contributed by atoms with E-state index in [0.717, 1.165) is 33.4 Å². The van der Waals surface area contributed by atoms with Crippen molar-refractivity contribution in [1.82, 2.24) is 15.0 Å². The van der Waals surface area contributed by atoms with Gasteiger partial charge in [0, 0.05) is 17.1 Å². The smallest absolute Gasteiger partial charge is 0.178 e. The number of para-hydroxylation sites is 1. The molecule has 0 N–H and O–H groups in total. The molecule has 3 nitrogen and oxygen atoms in total. The maximum Gasteiger partial charge on any atom is 0.178 e. The van der Waals surface area contributed by atoms with Gasteiger partial charge in [0.25, 0.3) is 0 Å². The molecule has 128 valence electrons. The van der Waals surface area contributed by atoms with Crippen LogP contribution >= 0.6 is 0 Å². The van der Waals surface area contributed by atoms with Crippen LogP contribution in [0.25, 0.3) is 33.7 Å². The molecule has 3 heteroatoms. The summed E-state index contributed by atoms with van der Waals surface area (Å²) in [5.74, 6) is 1.18. The van der Waals surface area contributed by atoms with Crippen LogP contribution in [0.4, 0.5) is 0 Å². The van der Waals surface area contributed by atoms with Crippen molar-refractivity contribution >= 4 is 10.9 Å². The van der Waals surface area contributed by atoms with Gasteiger partial charge in [0.2, 0.25) is 0 Å². The van der Waals surface area contributed by atoms with Crippen molar-refractivity contribution in [2.75, 3.05) is 0 Å². The first-order chi connectivity index (χ1) is 12.6. The molecule has 0 saturated heterocycles. The van der Waals surface area contributed by atoms with Crippen molar-refractivity contribution in [2.24, 2.45) is 0 Å². The second-order valence-electron chi connectivity index (χ2n) is 6.89. The normalized spacial score (nSPS) is 11.2. The van der Waals surface area contributed by atoms with Crippen molar-refractivity contribution in [3.8, 4) is 22.8 Å². The third-order valence-corrected chi connectivity index (χ3v) is 4.67. The van der Waals surface area contributed by atoms with E-state index in [1.54, 1.807) is 0 Å². The molecule has 0 radical (unpaired) electrons. The minimum absolute atomic E-state index is 0.524. The standard InChI is InChI=1S/C23H21N3/c1-15(2)17-9-11-18(12-10-17)22-16(3)8-13-21(25-22)23-24-14-19-6-4-5-7-20(19)26-23/h4-15H,1-3H3. The molecule has 0 aliphatic rings. The lowest BCUT2D eigenvalue weighted by Gasteiger charge is -2.10. The summed E-state index contributed by atoms with van der Waals surface area (Å²) in [5, 5.41) is 1.04. The van der Waals surface area contributed by atoms with Crippen LogP contribution < -0.4 is 0 Å². The van der Waals surface area contributed by atoms with E-state index in [1.807, 2.05) is 36.5 Å². The van der Waals surface area contributed by atoms with Gasteiger partial charge in [0.05, 0.1) is 11.2 Å². The molecule has 2 aromatic heterocycles. The van der Waals surface area contributed by atoms with Crippen molar-refractivity contribution in [3.05, 3.63) is 78.0 Å². The lowest BCUT2D eigenvalue weighted by Crippen LogP contribution is -1.96. The van der Waals surface area contributed by atoms with E-state index in [0.29, 0.717) is 11.7 Å². The summed E-state index contributed by atoms with van der Waals surface area (Å²) in [6, 6.07) is 20.7. The summed E-state index contributed by atoms with van der Waals surface area (Å²) >= 11 is 0. The first kappa shape index (κ1) is 16.4. The first-order valence-electron chi connectivity index (χ1n) is 8.92. The zero-order valence-corrected chi connectivity index (χ0v) is 15.3. The largest absolute Gasteiger partial charge is 0.244 e. The maximum absolute atomic E-state index is 4.87. The molecule has 0 unspecified atom stereocenters. The highest BCUT2D eigenvalue weighted by atomic mass is 14.9. The SMILES string of the molecule is Cc1ccc(-c2ncc3ccccc3n2)nc1-c1ccc(C(C)C)cc1. The highest BCUT2D eigenvalue weighted by Gasteiger charge is 2.10. The Morgan fingerprint density at radius 1 is 0.808 bits per heavy atom. The number of hydrogen-bond donors (Lipinski definition) is 0. The van der Waals surface area contributed by atoms with Crippen molar-refractivity contribution in [2.45, 2.75) is 26.7 Å². The molecule has 0 amide bonds. The van der Waals surface area contributed by atoms with E-state index in [1.165, 1.54) is 5.56 Å². The Bertz CT molecular complexity index is 1070. The van der Waals surface area contributed by atoms with Crippen LogP contribution in [0.15, 0.2) is 66.9 Å². The average Bonchev–Trinajstić information content (AvgIpc) is 2.68. The number of nitrogens with zero attached hydrogens (tertiary/aromatic N) is 3. The Labute approximate surface area is 153 Å². The lowest BCUT2D eigenvalue weighted by molar-refractivity contribution is 0.867. The van der Waals surface area contributed by atoms with Crippen LogP contribution in [0, 0.1) is 6.92 Å². The number of aromatic nitrogens is 3. The molecule has 4 rings (SSSR count). The number of rotatable bonds is 3. The average molecular weight is 339 g/mol. The lowest BCUT2D eigenvalue weighted by atomic mass is 9.99. The van der Waals surface area contributed by atoms with Crippen LogP contribution in [-0.2, 0) is 0 Å². The highest BCUT2D eigenvalue weighted by molar-refractivity contribution is 5.79. The summed E-state index contributed by atoms with van der Waals surface area (Å²) in [7, 11) is 0. The molecule has 2 aromatic carbocycles. The fourth-order valence-corrected chi connectivity index (χ4v) is 3.07. The number of pyridine rings is 1. The van der Waals surface area contributed by atoms with Crippen LogP contribution in [0.1, 0.15) is 30.9 Å². The topological polar surface area (TPSA) is 38.7 Å². The Morgan fingerprint density at radius 2 is 1.58 bits per heavy atom. The number of aryl methyl sites for hydroxylation is 1. The summed E-state index contributed by atoms with van der Waals surface area (Å²) in [6.45, 7) is 6.50. The Morgan fingerprint density at radius 3 is 2.35 bits per heavy atom. The van der Waals surface area contributed by atoms with Gasteiger partial charge >= 0.3 is 0 Å². The molecule has 0 atom stereocenters. The molecule has 0 fully saturated rings.